The van der Waals surface area contributed by atoms with Crippen LogP contribution >= 0.6 is 0 Å². The molecule has 426 valence electrons. The molecule has 0 heterocycles. The quantitative estimate of drug-likeness (QED) is 0.0363. The third-order valence-corrected chi connectivity index (χ3v) is 11.4. The Labute approximate surface area is 431 Å². The topological polar surface area (TPSA) is 252 Å². The summed E-state index contributed by atoms with van der Waals surface area (Å²) in [6.45, 7) is 12.4. The predicted octanol–water partition coefficient (Wildman–Crippen LogP) is 6.75. The van der Waals surface area contributed by atoms with E-state index in [1.807, 2.05) is 0 Å². The van der Waals surface area contributed by atoms with Gasteiger partial charge in [-0.15, -0.1) is 0 Å². The highest BCUT2D eigenvalue weighted by atomic mass is 16.6. The Kier molecular flexibility index (Phi) is 54.1. The summed E-state index contributed by atoms with van der Waals surface area (Å²) in [7, 11) is 0. The standard InChI is InChI=1S/C52H99NO19/c1-2-3-4-5-6-8-11-14-17-21-52(51(59)60,22-18-15-12-9-7-10-13-16-19-48(54)55)50(58)53-23-25-62-27-29-64-31-33-66-35-37-68-39-41-70-43-45-72-47-46-71-44-42-69-40-38-67-36-34-65-32-30-63-28-26-61-24-20-49(56)57/h2-47H2,1H3,(H,53,58)(H,54,55)(H,56,57)(H,59,60)/t52-/m0/s1. The van der Waals surface area contributed by atoms with Crippen molar-refractivity contribution in [2.75, 3.05) is 165 Å². The van der Waals surface area contributed by atoms with Crippen molar-refractivity contribution in [1.82, 2.24) is 5.32 Å². The van der Waals surface area contributed by atoms with Crippen molar-refractivity contribution in [2.24, 2.45) is 5.41 Å². The third-order valence-electron chi connectivity index (χ3n) is 11.4. The van der Waals surface area contributed by atoms with E-state index in [2.05, 4.69) is 12.2 Å². The Morgan fingerprint density at radius 2 is 0.569 bits per heavy atom. The Morgan fingerprint density at radius 1 is 0.319 bits per heavy atom. The number of amides is 1. The molecule has 0 aromatic rings. The molecule has 0 unspecified atom stereocenters. The van der Waals surface area contributed by atoms with Crippen LogP contribution in [0.5, 0.6) is 0 Å². The van der Waals surface area contributed by atoms with E-state index in [4.69, 9.17) is 67.1 Å². The molecule has 0 spiro atoms. The number of hydrogen-bond acceptors (Lipinski definition) is 16. The van der Waals surface area contributed by atoms with Gasteiger partial charge in [0.05, 0.1) is 165 Å². The monoisotopic (exact) mass is 1040 g/mol. The zero-order valence-corrected chi connectivity index (χ0v) is 44.4. The predicted molar refractivity (Wildman–Crippen MR) is 271 cm³/mol. The first kappa shape index (κ1) is 69.4. The van der Waals surface area contributed by atoms with Crippen molar-refractivity contribution in [1.29, 1.82) is 0 Å². The van der Waals surface area contributed by atoms with Gasteiger partial charge in [0.15, 0.2) is 0 Å². The number of carbonyl (C=O) groups excluding carboxylic acids is 1. The minimum Gasteiger partial charge on any atom is -0.481 e. The van der Waals surface area contributed by atoms with Crippen LogP contribution in [-0.4, -0.2) is 204 Å². The fourth-order valence-corrected chi connectivity index (χ4v) is 7.25. The van der Waals surface area contributed by atoms with Crippen LogP contribution in [-0.2, 0) is 76.0 Å². The molecule has 0 saturated heterocycles. The normalized spacial score (nSPS) is 12.3. The molecule has 0 aliphatic rings. The molecule has 0 aromatic heterocycles. The van der Waals surface area contributed by atoms with Gasteiger partial charge in [-0.1, -0.05) is 110 Å². The number of unbranched alkanes of at least 4 members (excludes halogenated alkanes) is 15. The lowest BCUT2D eigenvalue weighted by atomic mass is 9.76. The molecule has 72 heavy (non-hydrogen) atoms. The number of carbonyl (C=O) groups is 4. The number of carboxylic acids is 3. The van der Waals surface area contributed by atoms with E-state index in [0.29, 0.717) is 177 Å². The van der Waals surface area contributed by atoms with Gasteiger partial charge in [0.1, 0.15) is 5.41 Å². The van der Waals surface area contributed by atoms with Gasteiger partial charge in [-0.3, -0.25) is 19.2 Å². The van der Waals surface area contributed by atoms with E-state index in [1.165, 1.54) is 32.1 Å². The van der Waals surface area contributed by atoms with E-state index < -0.39 is 29.2 Å². The molecular weight excluding hydrogens is 943 g/mol. The highest BCUT2D eigenvalue weighted by Crippen LogP contribution is 2.33. The molecule has 1 amide bonds. The summed E-state index contributed by atoms with van der Waals surface area (Å²) in [5.74, 6) is -3.12. The van der Waals surface area contributed by atoms with E-state index in [-0.39, 0.29) is 32.6 Å². The average molecular weight is 1040 g/mol. The minimum atomic E-state index is -1.45. The summed E-state index contributed by atoms with van der Waals surface area (Å²) in [5.41, 5.74) is -1.45. The lowest BCUT2D eigenvalue weighted by molar-refractivity contribution is -0.157. The first-order valence-electron chi connectivity index (χ1n) is 27.1. The van der Waals surface area contributed by atoms with Crippen molar-refractivity contribution < 1.29 is 91.3 Å². The van der Waals surface area contributed by atoms with Gasteiger partial charge in [0.2, 0.25) is 5.91 Å². The van der Waals surface area contributed by atoms with E-state index in [9.17, 15) is 24.3 Å². The molecule has 0 fully saturated rings. The maximum absolute atomic E-state index is 13.5. The summed E-state index contributed by atoms with van der Waals surface area (Å²) >= 11 is 0. The molecule has 20 nitrogen and oxygen atoms in total. The highest BCUT2D eigenvalue weighted by Gasteiger charge is 2.44. The summed E-state index contributed by atoms with van der Waals surface area (Å²) in [6.07, 6.45) is 18.0. The van der Waals surface area contributed by atoms with Crippen LogP contribution in [0.25, 0.3) is 0 Å². The maximum Gasteiger partial charge on any atom is 0.319 e. The Balaban J connectivity index is 3.78. The second-order valence-corrected chi connectivity index (χ2v) is 17.4. The van der Waals surface area contributed by atoms with Gasteiger partial charge < -0.3 is 77.5 Å². The maximum atomic E-state index is 13.5. The molecule has 1 atom stereocenters. The highest BCUT2D eigenvalue weighted by molar-refractivity contribution is 6.01. The summed E-state index contributed by atoms with van der Waals surface area (Å²) in [5, 5.41) is 30.6. The van der Waals surface area contributed by atoms with Crippen LogP contribution in [0.2, 0.25) is 0 Å². The number of carboxylic acid groups (broad SMARTS) is 3. The molecule has 0 saturated carbocycles. The van der Waals surface area contributed by atoms with Gasteiger partial charge in [-0.2, -0.15) is 0 Å². The van der Waals surface area contributed by atoms with E-state index in [0.717, 1.165) is 57.8 Å². The largest absolute Gasteiger partial charge is 0.481 e. The second-order valence-electron chi connectivity index (χ2n) is 17.4. The summed E-state index contributed by atoms with van der Waals surface area (Å²) < 4.78 is 65.6. The Bertz CT molecular complexity index is 1200. The van der Waals surface area contributed by atoms with Crippen LogP contribution in [0.15, 0.2) is 0 Å². The van der Waals surface area contributed by atoms with Crippen molar-refractivity contribution in [3.05, 3.63) is 0 Å². The summed E-state index contributed by atoms with van der Waals surface area (Å²) in [6, 6.07) is 0. The van der Waals surface area contributed by atoms with Crippen molar-refractivity contribution in [3.8, 4) is 0 Å². The number of nitrogens with one attached hydrogen (secondary N) is 1. The Morgan fingerprint density at radius 3 is 0.847 bits per heavy atom. The molecule has 4 N–H and O–H groups in total. The molecular formula is C52H99NO19. The minimum absolute atomic E-state index is 0.0137. The molecule has 0 aromatic carbocycles. The lowest BCUT2D eigenvalue weighted by Crippen LogP contribution is -2.47. The van der Waals surface area contributed by atoms with Gasteiger partial charge in [0, 0.05) is 13.0 Å². The second kappa shape index (κ2) is 56.1. The molecule has 0 bridgehead atoms. The van der Waals surface area contributed by atoms with Crippen molar-refractivity contribution >= 4 is 23.8 Å². The van der Waals surface area contributed by atoms with Crippen molar-refractivity contribution in [2.45, 2.75) is 142 Å². The molecule has 0 aliphatic carbocycles. The van der Waals surface area contributed by atoms with Crippen LogP contribution < -0.4 is 5.32 Å². The summed E-state index contributed by atoms with van der Waals surface area (Å²) in [4.78, 5) is 47.3. The van der Waals surface area contributed by atoms with Gasteiger partial charge >= 0.3 is 17.9 Å². The van der Waals surface area contributed by atoms with E-state index in [1.54, 1.807) is 0 Å². The molecule has 0 radical (unpaired) electrons. The van der Waals surface area contributed by atoms with Gasteiger partial charge in [-0.25, -0.2) is 0 Å². The first-order valence-corrected chi connectivity index (χ1v) is 27.1. The fourth-order valence-electron chi connectivity index (χ4n) is 7.25. The fraction of sp³-hybridized carbons (Fsp3) is 0.923. The molecule has 20 heteroatoms. The molecule has 0 rings (SSSR count). The number of aliphatic carboxylic acids is 3. The number of ether oxygens (including phenoxy) is 12. The molecule has 0 aliphatic heterocycles. The zero-order valence-electron chi connectivity index (χ0n) is 44.4. The Hall–Kier alpha value is -2.60. The number of rotatable bonds is 62. The van der Waals surface area contributed by atoms with Crippen molar-refractivity contribution in [3.63, 3.8) is 0 Å². The van der Waals surface area contributed by atoms with Crippen LogP contribution in [0.1, 0.15) is 142 Å². The van der Waals surface area contributed by atoms with Crippen LogP contribution in [0, 0.1) is 5.41 Å². The SMILES string of the molecule is CCCCCCCCCCC[C@@](CCCCCCCCCCC(=O)O)(C(=O)O)C(=O)NCCOCCOCCOCCOCCOCCOCCOCCOCCOCCOCCOCCOCCC(=O)O. The smallest absolute Gasteiger partial charge is 0.319 e. The van der Waals surface area contributed by atoms with Gasteiger partial charge in [0.25, 0.3) is 0 Å². The van der Waals surface area contributed by atoms with E-state index >= 15 is 0 Å². The average Bonchev–Trinajstić information content (AvgIpc) is 3.36. The lowest BCUT2D eigenvalue weighted by Gasteiger charge is -2.28. The van der Waals surface area contributed by atoms with Gasteiger partial charge in [-0.05, 0) is 19.3 Å². The first-order chi connectivity index (χ1) is 35.3. The third kappa shape index (κ3) is 49.6. The van der Waals surface area contributed by atoms with Crippen LogP contribution in [0.4, 0.5) is 0 Å². The zero-order chi connectivity index (χ0) is 52.5. The number of hydrogen-bond donors (Lipinski definition) is 4. The van der Waals surface area contributed by atoms with Crippen LogP contribution in [0.3, 0.4) is 0 Å².